The molecule has 0 spiro atoms. The fourth-order valence-electron chi connectivity index (χ4n) is 7.79. The number of nitrogens with one attached hydrogen (secondary N) is 1. The van der Waals surface area contributed by atoms with E-state index in [0.717, 1.165) is 80.6 Å². The van der Waals surface area contributed by atoms with Crippen LogP contribution in [-0.2, 0) is 15.9 Å². The number of hydrogen-bond acceptors (Lipinski definition) is 7. The molecule has 2 aromatic rings. The number of rotatable bonds is 5. The maximum Gasteiger partial charge on any atom is 0.261 e. The molecule has 3 heterocycles. The van der Waals surface area contributed by atoms with E-state index in [4.69, 9.17) is 25.8 Å². The minimum atomic E-state index is -0.145. The van der Waals surface area contributed by atoms with Gasteiger partial charge in [0.05, 0.1) is 31.5 Å². The maximum absolute atomic E-state index is 13.3. The number of carbonyl (C=O) groups excluding carboxylic acids is 1. The summed E-state index contributed by atoms with van der Waals surface area (Å²) >= 11 is 7.99. The molecule has 46 heavy (non-hydrogen) atoms. The molecule has 0 radical (unpaired) electrons. The van der Waals surface area contributed by atoms with Gasteiger partial charge in [-0.2, -0.15) is 0 Å². The van der Waals surface area contributed by atoms with Crippen molar-refractivity contribution in [1.82, 2.24) is 9.62 Å². The Morgan fingerprint density at radius 3 is 2.52 bits per heavy atom. The SMILES string of the molecule is CCCc1cc(Cl)ccc1C1COc2ccc3cc2N(C1)CC1CCC1C(C1OCC(N(C)C)CO1)CCC(C)CCSNC3=O. The van der Waals surface area contributed by atoms with Crippen molar-refractivity contribution in [3.63, 3.8) is 0 Å². The summed E-state index contributed by atoms with van der Waals surface area (Å²) in [4.78, 5) is 18.0. The van der Waals surface area contributed by atoms with Crippen molar-refractivity contribution < 1.29 is 19.0 Å². The molecule has 2 aromatic carbocycles. The molecule has 1 saturated carbocycles. The molecule has 9 heteroatoms. The van der Waals surface area contributed by atoms with E-state index in [1.807, 2.05) is 18.2 Å². The summed E-state index contributed by atoms with van der Waals surface area (Å²) in [5.41, 5.74) is 4.32. The lowest BCUT2D eigenvalue weighted by atomic mass is 9.65. The fourth-order valence-corrected chi connectivity index (χ4v) is 8.85. The number of fused-ring (bicyclic) bond motifs is 2. The van der Waals surface area contributed by atoms with Crippen LogP contribution in [0.15, 0.2) is 36.4 Å². The molecule has 5 unspecified atom stereocenters. The molecule has 2 bridgehead atoms. The zero-order chi connectivity index (χ0) is 32.2. The molecule has 1 N–H and O–H groups in total. The lowest BCUT2D eigenvalue weighted by Crippen LogP contribution is -2.51. The Balaban J connectivity index is 1.31. The second kappa shape index (κ2) is 15.5. The number of aryl methyl sites for hydroxylation is 1. The first-order valence-corrected chi connectivity index (χ1v) is 18.8. The van der Waals surface area contributed by atoms with Crippen LogP contribution in [0.3, 0.4) is 0 Å². The van der Waals surface area contributed by atoms with E-state index in [0.29, 0.717) is 41.9 Å². The number of benzene rings is 2. The van der Waals surface area contributed by atoms with Crippen molar-refractivity contribution in [1.29, 1.82) is 0 Å². The van der Waals surface area contributed by atoms with E-state index in [-0.39, 0.29) is 18.1 Å². The number of anilines is 1. The largest absolute Gasteiger partial charge is 0.491 e. The number of nitrogens with zero attached hydrogens (tertiary/aromatic N) is 2. The van der Waals surface area contributed by atoms with E-state index in [2.05, 4.69) is 60.7 Å². The predicted octanol–water partition coefficient (Wildman–Crippen LogP) is 7.42. The molecule has 5 atom stereocenters. The normalized spacial score (nSPS) is 30.9. The monoisotopic (exact) mass is 669 g/mol. The summed E-state index contributed by atoms with van der Waals surface area (Å²) in [5.74, 6) is 3.91. The standard InChI is InChI=1S/C37H52ClN3O4S/c1-5-6-25-17-29(38)10-13-31(25)28-20-41-19-27-8-12-32(27)33(37-44-22-30(23-45-37)40(3)4)11-7-24(2)15-16-46-39-36(42)26-9-14-35(43-21-28)34(41)18-26/h9-10,13-14,17-18,24,27-28,30,32-33,37H,5-8,11-12,15-16,19-23H2,1-4H3,(H,39,42). The van der Waals surface area contributed by atoms with Crippen LogP contribution in [0, 0.1) is 23.7 Å². The summed E-state index contributed by atoms with van der Waals surface area (Å²) in [6.45, 7) is 8.35. The lowest BCUT2D eigenvalue weighted by Gasteiger charge is -2.48. The third kappa shape index (κ3) is 7.84. The number of halogens is 1. The number of amides is 1. The second-order valence-electron chi connectivity index (χ2n) is 14.3. The lowest BCUT2D eigenvalue weighted by molar-refractivity contribution is -0.241. The Morgan fingerprint density at radius 1 is 0.978 bits per heavy atom. The molecule has 1 saturated heterocycles. The Bertz CT molecular complexity index is 1340. The van der Waals surface area contributed by atoms with Crippen LogP contribution < -0.4 is 14.4 Å². The number of ether oxygens (including phenoxy) is 3. The first kappa shape index (κ1) is 33.9. The van der Waals surface area contributed by atoms with Crippen LogP contribution in [0.25, 0.3) is 0 Å². The van der Waals surface area contributed by atoms with Crippen molar-refractivity contribution in [3.05, 3.63) is 58.1 Å². The molecule has 4 aliphatic rings. The zero-order valence-corrected chi connectivity index (χ0v) is 29.6. The minimum Gasteiger partial charge on any atom is -0.491 e. The third-order valence-corrected chi connectivity index (χ3v) is 11.8. The highest BCUT2D eigenvalue weighted by Gasteiger charge is 2.44. The van der Waals surface area contributed by atoms with Crippen LogP contribution in [0.2, 0.25) is 5.02 Å². The van der Waals surface area contributed by atoms with E-state index in [9.17, 15) is 4.79 Å². The van der Waals surface area contributed by atoms with Crippen molar-refractivity contribution in [3.8, 4) is 5.75 Å². The fraction of sp³-hybridized carbons (Fsp3) is 0.649. The highest BCUT2D eigenvalue weighted by atomic mass is 35.5. The van der Waals surface area contributed by atoms with Gasteiger partial charge in [-0.05, 0) is 105 Å². The molecule has 2 fully saturated rings. The Morgan fingerprint density at radius 2 is 1.78 bits per heavy atom. The van der Waals surface area contributed by atoms with Crippen molar-refractivity contribution in [2.24, 2.45) is 23.7 Å². The summed E-state index contributed by atoms with van der Waals surface area (Å²) in [7, 11) is 4.20. The summed E-state index contributed by atoms with van der Waals surface area (Å²) in [5, 5.41) is 0.783. The summed E-state index contributed by atoms with van der Waals surface area (Å²) < 4.78 is 22.7. The first-order valence-electron chi connectivity index (χ1n) is 17.4. The van der Waals surface area contributed by atoms with Gasteiger partial charge in [-0.25, -0.2) is 0 Å². The van der Waals surface area contributed by atoms with Gasteiger partial charge in [0.25, 0.3) is 5.91 Å². The van der Waals surface area contributed by atoms with Crippen molar-refractivity contribution in [2.45, 2.75) is 77.0 Å². The Hall–Kier alpha value is -1.97. The van der Waals surface area contributed by atoms with E-state index >= 15 is 0 Å². The highest BCUT2D eigenvalue weighted by Crippen LogP contribution is 2.47. The predicted molar refractivity (Wildman–Crippen MR) is 188 cm³/mol. The number of hydrogen-bond donors (Lipinski definition) is 1. The van der Waals surface area contributed by atoms with E-state index < -0.39 is 0 Å². The third-order valence-electron chi connectivity index (χ3n) is 10.8. The van der Waals surface area contributed by atoms with Crippen LogP contribution in [0.4, 0.5) is 5.69 Å². The summed E-state index contributed by atoms with van der Waals surface area (Å²) in [6.07, 6.45) is 7.62. The molecule has 3 aliphatic heterocycles. The van der Waals surface area contributed by atoms with Crippen LogP contribution >= 0.6 is 23.5 Å². The highest BCUT2D eigenvalue weighted by molar-refractivity contribution is 7.97. The maximum atomic E-state index is 13.3. The van der Waals surface area contributed by atoms with E-state index in [1.54, 1.807) is 0 Å². The van der Waals surface area contributed by atoms with Crippen LogP contribution in [-0.4, -0.2) is 75.9 Å². The van der Waals surface area contributed by atoms with Crippen LogP contribution in [0.5, 0.6) is 5.75 Å². The van der Waals surface area contributed by atoms with Crippen molar-refractivity contribution >= 4 is 35.1 Å². The molecule has 1 amide bonds. The van der Waals surface area contributed by atoms with Gasteiger partial charge in [0.1, 0.15) is 5.75 Å². The molecule has 0 aromatic heterocycles. The molecule has 252 valence electrons. The summed E-state index contributed by atoms with van der Waals surface area (Å²) in [6, 6.07) is 12.6. The van der Waals surface area contributed by atoms with Gasteiger partial charge < -0.3 is 24.0 Å². The van der Waals surface area contributed by atoms with Gasteiger partial charge in [0, 0.05) is 41.3 Å². The van der Waals surface area contributed by atoms with Gasteiger partial charge in [0.15, 0.2) is 6.29 Å². The zero-order valence-electron chi connectivity index (χ0n) is 28.0. The molecule has 1 aliphatic carbocycles. The average Bonchev–Trinajstić information content (AvgIpc) is 3.22. The molecule has 7 nitrogen and oxygen atoms in total. The smallest absolute Gasteiger partial charge is 0.261 e. The average molecular weight is 670 g/mol. The molecular weight excluding hydrogens is 618 g/mol. The second-order valence-corrected chi connectivity index (χ2v) is 15.6. The van der Waals surface area contributed by atoms with Gasteiger partial charge >= 0.3 is 0 Å². The van der Waals surface area contributed by atoms with Gasteiger partial charge in [0.2, 0.25) is 0 Å². The topological polar surface area (TPSA) is 63.3 Å². The van der Waals surface area contributed by atoms with Crippen molar-refractivity contribution in [2.75, 3.05) is 57.7 Å². The van der Waals surface area contributed by atoms with Gasteiger partial charge in [-0.3, -0.25) is 9.52 Å². The minimum absolute atomic E-state index is 0.0413. The first-order chi connectivity index (χ1) is 22.3. The van der Waals surface area contributed by atoms with Gasteiger partial charge in [-0.15, -0.1) is 0 Å². The number of carbonyl (C=O) groups is 1. The number of likely N-dealkylation sites (N-methyl/N-ethyl adjacent to an activating group) is 1. The van der Waals surface area contributed by atoms with Gasteiger partial charge in [-0.1, -0.05) is 56.3 Å². The van der Waals surface area contributed by atoms with E-state index in [1.165, 1.54) is 35.9 Å². The Labute approximate surface area is 285 Å². The molecule has 6 rings (SSSR count). The molecular formula is C37H52ClN3O4S. The Kier molecular flexibility index (Phi) is 11.4. The van der Waals surface area contributed by atoms with Crippen LogP contribution in [0.1, 0.15) is 79.8 Å². The quantitative estimate of drug-likeness (QED) is 0.333.